The summed E-state index contributed by atoms with van der Waals surface area (Å²) in [6.45, 7) is 0.0793. The maximum Gasteiger partial charge on any atom is 0.252 e. The molecular weight excluding hydrogens is 619 g/mol. The lowest BCUT2D eigenvalue weighted by molar-refractivity contribution is 0.444. The molecule has 1 saturated carbocycles. The summed E-state index contributed by atoms with van der Waals surface area (Å²) in [4.78, 5) is 13.6. The van der Waals surface area contributed by atoms with Gasteiger partial charge in [-0.1, -0.05) is 79.9 Å². The van der Waals surface area contributed by atoms with Crippen LogP contribution < -0.4 is 26.2 Å². The molecule has 0 amide bonds. The van der Waals surface area contributed by atoms with Gasteiger partial charge < -0.3 is 9.80 Å². The highest BCUT2D eigenvalue weighted by atomic mass is 15.2. The molecule has 4 nitrogen and oxygen atoms in total. The second kappa shape index (κ2) is 12.4. The molecule has 1 aliphatic carbocycles. The first-order valence-electron chi connectivity index (χ1n) is 18.3. The van der Waals surface area contributed by atoms with Crippen LogP contribution in [0.25, 0.3) is 22.3 Å². The van der Waals surface area contributed by atoms with E-state index in [0.717, 1.165) is 5.69 Å². The van der Waals surface area contributed by atoms with Gasteiger partial charge in [0.1, 0.15) is 0 Å². The molecule has 0 spiro atoms. The van der Waals surface area contributed by atoms with Crippen LogP contribution in [0.5, 0.6) is 0 Å². The zero-order valence-corrected chi connectivity index (χ0v) is 28.5. The Morgan fingerprint density at radius 1 is 0.451 bits per heavy atom. The average Bonchev–Trinajstić information content (AvgIpc) is 3.22. The summed E-state index contributed by atoms with van der Waals surface area (Å²) < 4.78 is 0. The zero-order valence-electron chi connectivity index (χ0n) is 28.5. The van der Waals surface area contributed by atoms with E-state index in [2.05, 4.69) is 153 Å². The van der Waals surface area contributed by atoms with Crippen molar-refractivity contribution in [2.45, 2.75) is 38.0 Å². The van der Waals surface area contributed by atoms with Crippen LogP contribution in [0.3, 0.4) is 0 Å². The molecule has 7 aromatic rings. The van der Waals surface area contributed by atoms with E-state index in [1.54, 1.807) is 0 Å². The van der Waals surface area contributed by atoms with Gasteiger partial charge in [-0.3, -0.25) is 9.97 Å². The molecule has 4 heterocycles. The van der Waals surface area contributed by atoms with Crippen LogP contribution in [-0.4, -0.2) is 16.7 Å². The first-order chi connectivity index (χ1) is 25.3. The molecule has 0 unspecified atom stereocenters. The number of rotatable bonds is 5. The van der Waals surface area contributed by atoms with E-state index >= 15 is 0 Å². The molecule has 2 aromatic heterocycles. The quantitative estimate of drug-likeness (QED) is 0.173. The molecule has 0 saturated heterocycles. The molecule has 3 aliphatic rings. The minimum absolute atomic E-state index is 0.0793. The van der Waals surface area contributed by atoms with Crippen molar-refractivity contribution in [3.63, 3.8) is 0 Å². The molecule has 244 valence electrons. The lowest BCUT2D eigenvalue weighted by Gasteiger charge is -2.45. The second-order valence-electron chi connectivity index (χ2n) is 14.1. The van der Waals surface area contributed by atoms with Crippen molar-refractivity contribution in [1.29, 1.82) is 0 Å². The van der Waals surface area contributed by atoms with Gasteiger partial charge in [0, 0.05) is 58.9 Å². The average molecular weight is 657 g/mol. The van der Waals surface area contributed by atoms with E-state index in [4.69, 9.17) is 0 Å². The molecular formula is C46H37BN4. The number of nitrogens with zero attached hydrogens (tertiary/aromatic N) is 4. The summed E-state index contributed by atoms with van der Waals surface area (Å²) in [6, 6.07) is 49.7. The van der Waals surface area contributed by atoms with Crippen LogP contribution in [0.4, 0.5) is 34.1 Å². The molecule has 2 aliphatic heterocycles. The largest absolute Gasteiger partial charge is 0.311 e. The molecule has 5 aromatic carbocycles. The van der Waals surface area contributed by atoms with E-state index in [-0.39, 0.29) is 6.71 Å². The van der Waals surface area contributed by atoms with Crippen LogP contribution >= 0.6 is 0 Å². The second-order valence-corrected chi connectivity index (χ2v) is 14.1. The third kappa shape index (κ3) is 5.07. The van der Waals surface area contributed by atoms with Crippen LogP contribution in [0.15, 0.2) is 158 Å². The third-order valence-corrected chi connectivity index (χ3v) is 11.2. The molecule has 0 radical (unpaired) electrons. The highest BCUT2D eigenvalue weighted by molar-refractivity contribution is 7.00. The predicted octanol–water partition coefficient (Wildman–Crippen LogP) is 9.94. The molecule has 0 N–H and O–H groups in total. The molecule has 1 fully saturated rings. The van der Waals surface area contributed by atoms with E-state index in [9.17, 15) is 0 Å². The molecule has 0 bridgehead atoms. The van der Waals surface area contributed by atoms with Crippen LogP contribution in [0.2, 0.25) is 0 Å². The van der Waals surface area contributed by atoms with Gasteiger partial charge in [0.2, 0.25) is 0 Å². The zero-order chi connectivity index (χ0) is 33.7. The SMILES string of the molecule is c1ccc(N2c3ccccc3B3c4cc(-c5ccncc5)ccc4N(c4ccc(-c5ccncc5)cc4)c4cc(C5CCCCC5)cc2c43)cc1. The van der Waals surface area contributed by atoms with Crippen molar-refractivity contribution < 1.29 is 0 Å². The number of hydrogen-bond donors (Lipinski definition) is 0. The Balaban J connectivity index is 1.26. The van der Waals surface area contributed by atoms with Crippen molar-refractivity contribution >= 4 is 57.2 Å². The fraction of sp³-hybridized carbons (Fsp3) is 0.130. The summed E-state index contributed by atoms with van der Waals surface area (Å²) in [7, 11) is 0. The molecule has 10 rings (SSSR count). The van der Waals surface area contributed by atoms with E-state index in [1.807, 2.05) is 24.8 Å². The molecule has 0 atom stereocenters. The minimum Gasteiger partial charge on any atom is -0.311 e. The highest BCUT2D eigenvalue weighted by Crippen LogP contribution is 2.47. The van der Waals surface area contributed by atoms with Crippen molar-refractivity contribution in [3.05, 3.63) is 164 Å². The van der Waals surface area contributed by atoms with Gasteiger partial charge in [0.15, 0.2) is 0 Å². The third-order valence-electron chi connectivity index (χ3n) is 11.2. The van der Waals surface area contributed by atoms with Gasteiger partial charge in [0.25, 0.3) is 6.71 Å². The van der Waals surface area contributed by atoms with Gasteiger partial charge in [-0.25, -0.2) is 0 Å². The lowest BCUT2D eigenvalue weighted by atomic mass is 9.33. The summed E-state index contributed by atoms with van der Waals surface area (Å²) in [5.41, 5.74) is 17.6. The molecule has 51 heavy (non-hydrogen) atoms. The number of fused-ring (bicyclic) bond motifs is 4. The standard InChI is InChI=1S/C46H37BN4/c1-3-9-32(10-4-1)37-30-44-46-45(31-37)51(39-18-15-33(16-19-39)34-21-25-48-26-22-34)43-20-17-36(35-23-27-49-28-24-35)29-41(43)47(46)40-13-7-8-14-42(40)50(44)38-11-5-2-6-12-38/h2,5-8,11-32H,1,3-4,9-10H2. The van der Waals surface area contributed by atoms with Crippen molar-refractivity contribution in [1.82, 2.24) is 9.97 Å². The van der Waals surface area contributed by atoms with Gasteiger partial charge in [-0.05, 0) is 136 Å². The Bertz CT molecular complexity index is 2350. The number of aromatic nitrogens is 2. The minimum atomic E-state index is 0.0793. The number of para-hydroxylation sites is 2. The first kappa shape index (κ1) is 29.9. The Hall–Kier alpha value is -5.94. The monoisotopic (exact) mass is 656 g/mol. The summed E-state index contributed by atoms with van der Waals surface area (Å²) in [6.07, 6.45) is 13.9. The Labute approximate surface area is 300 Å². The van der Waals surface area contributed by atoms with Crippen molar-refractivity contribution in [2.75, 3.05) is 9.80 Å². The summed E-state index contributed by atoms with van der Waals surface area (Å²) >= 11 is 0. The number of pyridine rings is 2. The van der Waals surface area contributed by atoms with Gasteiger partial charge in [0.05, 0.1) is 0 Å². The van der Waals surface area contributed by atoms with Gasteiger partial charge in [-0.15, -0.1) is 0 Å². The Morgan fingerprint density at radius 3 is 1.69 bits per heavy atom. The van der Waals surface area contributed by atoms with Crippen LogP contribution in [0.1, 0.15) is 43.6 Å². The topological polar surface area (TPSA) is 32.3 Å². The Kier molecular flexibility index (Phi) is 7.30. The van der Waals surface area contributed by atoms with Gasteiger partial charge >= 0.3 is 0 Å². The fourth-order valence-corrected chi connectivity index (χ4v) is 8.85. The van der Waals surface area contributed by atoms with Crippen LogP contribution in [-0.2, 0) is 0 Å². The van der Waals surface area contributed by atoms with E-state index < -0.39 is 0 Å². The first-order valence-corrected chi connectivity index (χ1v) is 18.3. The number of hydrogen-bond acceptors (Lipinski definition) is 4. The van der Waals surface area contributed by atoms with Crippen molar-refractivity contribution in [2.24, 2.45) is 0 Å². The predicted molar refractivity (Wildman–Crippen MR) is 213 cm³/mol. The smallest absolute Gasteiger partial charge is 0.252 e. The normalized spacial score (nSPS) is 14.9. The maximum absolute atomic E-state index is 4.32. The van der Waals surface area contributed by atoms with Crippen molar-refractivity contribution in [3.8, 4) is 22.3 Å². The van der Waals surface area contributed by atoms with E-state index in [1.165, 1.54) is 105 Å². The van der Waals surface area contributed by atoms with Crippen LogP contribution in [0, 0.1) is 0 Å². The Morgan fingerprint density at radius 2 is 1.00 bits per heavy atom. The molecule has 5 heteroatoms. The maximum atomic E-state index is 4.32. The summed E-state index contributed by atoms with van der Waals surface area (Å²) in [5.74, 6) is 0.555. The number of benzene rings is 5. The summed E-state index contributed by atoms with van der Waals surface area (Å²) in [5, 5.41) is 0. The lowest BCUT2D eigenvalue weighted by Crippen LogP contribution is -2.61. The highest BCUT2D eigenvalue weighted by Gasteiger charge is 2.44. The number of anilines is 6. The van der Waals surface area contributed by atoms with Gasteiger partial charge in [-0.2, -0.15) is 0 Å². The fourth-order valence-electron chi connectivity index (χ4n) is 8.85. The van der Waals surface area contributed by atoms with E-state index in [0.29, 0.717) is 5.92 Å².